The number of alkyl halides is 3. The predicted octanol–water partition coefficient (Wildman–Crippen LogP) is 9.27. The van der Waals surface area contributed by atoms with Gasteiger partial charge in [-0.15, -0.1) is 11.3 Å². The second kappa shape index (κ2) is 7.71. The molecule has 0 atom stereocenters. The fraction of sp³-hybridized carbons (Fsp3) is 0.172. The van der Waals surface area contributed by atoms with Crippen molar-refractivity contribution >= 4 is 53.9 Å². The maximum absolute atomic E-state index is 15.9. The van der Waals surface area contributed by atoms with Gasteiger partial charge in [0.15, 0.2) is 0 Å². The van der Waals surface area contributed by atoms with Gasteiger partial charge in [-0.2, -0.15) is 13.2 Å². The Morgan fingerprint density at radius 1 is 0.806 bits per heavy atom. The summed E-state index contributed by atoms with van der Waals surface area (Å²) in [6.07, 6.45) is -3.63. The lowest BCUT2D eigenvalue weighted by atomic mass is 9.82. The van der Waals surface area contributed by atoms with Gasteiger partial charge >= 0.3 is 6.18 Å². The number of halogens is 4. The Bertz CT molecular complexity index is 1830. The van der Waals surface area contributed by atoms with E-state index >= 15 is 4.39 Å². The lowest BCUT2D eigenvalue weighted by Crippen LogP contribution is -2.12. The van der Waals surface area contributed by atoms with E-state index in [0.29, 0.717) is 5.56 Å². The molecule has 0 fully saturated rings. The minimum atomic E-state index is -4.72. The van der Waals surface area contributed by atoms with E-state index in [9.17, 15) is 13.2 Å². The summed E-state index contributed by atoms with van der Waals surface area (Å²) in [5.41, 5.74) is 0.0478. The van der Waals surface area contributed by atoms with Crippen LogP contribution in [0.4, 0.5) is 17.6 Å². The summed E-state index contributed by atoms with van der Waals surface area (Å²) in [6.45, 7) is 6.24. The topological polar surface area (TPSA) is 25.8 Å². The smallest absolute Gasteiger partial charge is 0.236 e. The molecule has 4 aromatic carbocycles. The van der Waals surface area contributed by atoms with E-state index in [-0.39, 0.29) is 27.3 Å². The van der Waals surface area contributed by atoms with Crippen LogP contribution < -0.4 is 0 Å². The summed E-state index contributed by atoms with van der Waals surface area (Å²) in [5, 5.41) is 4.54. The van der Waals surface area contributed by atoms with E-state index in [4.69, 9.17) is 0 Å². The van der Waals surface area contributed by atoms with Crippen molar-refractivity contribution in [3.63, 3.8) is 0 Å². The first-order chi connectivity index (χ1) is 17.0. The zero-order chi connectivity index (χ0) is 25.4. The first kappa shape index (κ1) is 22.9. The molecule has 2 nitrogen and oxygen atoms in total. The Hall–Kier alpha value is -3.58. The van der Waals surface area contributed by atoms with Gasteiger partial charge in [0.25, 0.3) is 0 Å². The highest BCUT2D eigenvalue weighted by Gasteiger charge is 2.37. The summed E-state index contributed by atoms with van der Waals surface area (Å²) in [5.74, 6) is -0.755. The van der Waals surface area contributed by atoms with Crippen LogP contribution in [-0.2, 0) is 11.6 Å². The maximum Gasteiger partial charge on any atom is 0.419 e. The van der Waals surface area contributed by atoms with Crippen molar-refractivity contribution in [1.82, 2.24) is 9.97 Å². The Balaban J connectivity index is 1.77. The molecule has 36 heavy (non-hydrogen) atoms. The van der Waals surface area contributed by atoms with E-state index in [2.05, 4.69) is 42.9 Å². The molecule has 0 spiro atoms. The zero-order valence-electron chi connectivity index (χ0n) is 19.7. The van der Waals surface area contributed by atoms with Crippen molar-refractivity contribution in [2.45, 2.75) is 32.4 Å². The number of rotatable bonds is 1. The highest BCUT2D eigenvalue weighted by Crippen LogP contribution is 2.44. The van der Waals surface area contributed by atoms with Crippen LogP contribution in [0.25, 0.3) is 53.8 Å². The number of benzene rings is 4. The molecule has 180 valence electrons. The zero-order valence-corrected chi connectivity index (χ0v) is 20.5. The van der Waals surface area contributed by atoms with Crippen LogP contribution in [-0.4, -0.2) is 9.97 Å². The summed E-state index contributed by atoms with van der Waals surface area (Å²) in [6, 6.07) is 15.7. The van der Waals surface area contributed by atoms with Crippen LogP contribution >= 0.6 is 11.3 Å². The van der Waals surface area contributed by atoms with E-state index in [1.54, 1.807) is 11.3 Å². The summed E-state index contributed by atoms with van der Waals surface area (Å²) in [7, 11) is 0. The molecule has 2 aromatic heterocycles. The fourth-order valence-electron chi connectivity index (χ4n) is 5.02. The van der Waals surface area contributed by atoms with E-state index in [1.165, 1.54) is 24.3 Å². The van der Waals surface area contributed by atoms with Gasteiger partial charge in [-0.25, -0.2) is 14.4 Å². The molecule has 6 rings (SSSR count). The molecule has 0 aliphatic rings. The number of thiophene rings is 1. The van der Waals surface area contributed by atoms with Crippen molar-refractivity contribution in [3.8, 4) is 11.3 Å². The Labute approximate surface area is 208 Å². The molecule has 0 aliphatic heterocycles. The van der Waals surface area contributed by atoms with Crippen molar-refractivity contribution in [1.29, 1.82) is 0 Å². The lowest BCUT2D eigenvalue weighted by Gasteiger charge is -2.23. The predicted molar refractivity (Wildman–Crippen MR) is 139 cm³/mol. The lowest BCUT2D eigenvalue weighted by molar-refractivity contribution is -0.135. The van der Waals surface area contributed by atoms with Crippen molar-refractivity contribution in [2.24, 2.45) is 0 Å². The molecule has 0 bridgehead atoms. The van der Waals surface area contributed by atoms with Gasteiger partial charge < -0.3 is 0 Å². The summed E-state index contributed by atoms with van der Waals surface area (Å²) >= 11 is 1.65. The quantitative estimate of drug-likeness (QED) is 0.165. The number of nitrogens with zero attached hydrogens (tertiary/aromatic N) is 2. The molecular formula is C29H20F4N2S. The van der Waals surface area contributed by atoms with Gasteiger partial charge in [0.1, 0.15) is 12.1 Å². The van der Waals surface area contributed by atoms with Crippen molar-refractivity contribution in [3.05, 3.63) is 83.2 Å². The molecule has 0 unspecified atom stereocenters. The van der Waals surface area contributed by atoms with Crippen LogP contribution in [0.5, 0.6) is 0 Å². The van der Waals surface area contributed by atoms with Gasteiger partial charge in [0.05, 0.1) is 22.2 Å². The van der Waals surface area contributed by atoms with Crippen LogP contribution in [0.2, 0.25) is 0 Å². The standard InChI is InChI=1S/C29H20F4N2S/c1-28(2,3)21-12-17(11-16-10-15-8-9-36-22(15)13-20(16)21)26-23-25(30)19-7-5-4-6-18(19)24(29(31,32)33)27(23)35-14-34-26/h4-14H,1-3H3. The van der Waals surface area contributed by atoms with Gasteiger partial charge in [-0.3, -0.25) is 0 Å². The molecule has 2 heterocycles. The molecule has 0 radical (unpaired) electrons. The van der Waals surface area contributed by atoms with Gasteiger partial charge in [0, 0.05) is 15.6 Å². The number of aromatic nitrogens is 2. The molecule has 0 saturated heterocycles. The van der Waals surface area contributed by atoms with Crippen molar-refractivity contribution in [2.75, 3.05) is 0 Å². The minimum Gasteiger partial charge on any atom is -0.236 e. The highest BCUT2D eigenvalue weighted by atomic mass is 32.1. The molecule has 0 amide bonds. The first-order valence-electron chi connectivity index (χ1n) is 11.4. The largest absolute Gasteiger partial charge is 0.419 e. The average Bonchev–Trinajstić information content (AvgIpc) is 3.27. The number of fused-ring (bicyclic) bond motifs is 4. The second-order valence-electron chi connectivity index (χ2n) is 9.98. The molecule has 7 heteroatoms. The SMILES string of the molecule is CC(C)(C)c1cc(-c2ncnc3c(C(F)(F)F)c4ccccc4c(F)c23)cc2cc3ccsc3cc12. The van der Waals surface area contributed by atoms with Gasteiger partial charge in [0.2, 0.25) is 0 Å². The number of hydrogen-bond donors (Lipinski definition) is 0. The average molecular weight is 505 g/mol. The Kier molecular flexibility index (Phi) is 4.89. The van der Waals surface area contributed by atoms with Crippen LogP contribution in [0.1, 0.15) is 31.9 Å². The van der Waals surface area contributed by atoms with Gasteiger partial charge in [-0.1, -0.05) is 45.0 Å². The van der Waals surface area contributed by atoms with E-state index in [0.717, 1.165) is 32.7 Å². The second-order valence-corrected chi connectivity index (χ2v) is 10.9. The first-order valence-corrected chi connectivity index (χ1v) is 12.3. The van der Waals surface area contributed by atoms with Crippen LogP contribution in [0.15, 0.2) is 66.3 Å². The molecule has 0 N–H and O–H groups in total. The molecule has 6 aromatic rings. The molecular weight excluding hydrogens is 484 g/mol. The maximum atomic E-state index is 15.9. The summed E-state index contributed by atoms with van der Waals surface area (Å²) in [4.78, 5) is 8.28. The Morgan fingerprint density at radius 3 is 2.28 bits per heavy atom. The summed E-state index contributed by atoms with van der Waals surface area (Å²) < 4.78 is 59.9. The third-order valence-corrected chi connectivity index (χ3v) is 7.51. The van der Waals surface area contributed by atoms with Crippen molar-refractivity contribution < 1.29 is 17.6 Å². The van der Waals surface area contributed by atoms with Gasteiger partial charge in [-0.05, 0) is 68.2 Å². The third kappa shape index (κ3) is 3.45. The molecule has 0 aliphatic carbocycles. The molecule has 0 saturated carbocycles. The Morgan fingerprint density at radius 2 is 1.56 bits per heavy atom. The monoisotopic (exact) mass is 504 g/mol. The number of hydrogen-bond acceptors (Lipinski definition) is 3. The highest BCUT2D eigenvalue weighted by molar-refractivity contribution is 7.17. The van der Waals surface area contributed by atoms with Crippen LogP contribution in [0, 0.1) is 5.82 Å². The van der Waals surface area contributed by atoms with E-state index in [1.807, 2.05) is 23.6 Å². The minimum absolute atomic E-state index is 0.106. The normalized spacial score (nSPS) is 12.9. The van der Waals surface area contributed by atoms with Crippen LogP contribution in [0.3, 0.4) is 0 Å². The third-order valence-electron chi connectivity index (χ3n) is 6.63. The van der Waals surface area contributed by atoms with E-state index < -0.39 is 23.1 Å². The fourth-order valence-corrected chi connectivity index (χ4v) is 5.83.